The number of rotatable bonds is 15. The van der Waals surface area contributed by atoms with Gasteiger partial charge in [0.25, 0.3) is 0 Å². The largest absolute Gasteiger partial charge is 0.480 e. The Morgan fingerprint density at radius 1 is 0.812 bits per heavy atom. The van der Waals surface area contributed by atoms with Crippen LogP contribution in [-0.2, 0) is 35.3 Å². The molecule has 0 heterocycles. The van der Waals surface area contributed by atoms with Gasteiger partial charge in [0.05, 0.1) is 31.5 Å². The number of aliphatic carboxylic acids is 3. The standard InChI is InChI=1S/C19H24BrN3O9/c20-7-15(24)21-14-3-1-13(2-4-14)12-32-19(31)11-23(10-18(29)30)6-5-22(8-16(25)26)9-17(27)28/h1-4H,5-12H2,(H,21,24)(H,25,26)(H,27,28)(H,29,30). The zero-order chi connectivity index (χ0) is 24.1. The molecule has 176 valence electrons. The van der Waals surface area contributed by atoms with Crippen molar-refractivity contribution < 1.29 is 44.0 Å². The van der Waals surface area contributed by atoms with Gasteiger partial charge in [0, 0.05) is 18.8 Å². The number of benzene rings is 1. The average molecular weight is 518 g/mol. The topological polar surface area (TPSA) is 174 Å². The van der Waals surface area contributed by atoms with Crippen LogP contribution in [0.2, 0.25) is 0 Å². The number of anilines is 1. The number of hydrogen-bond donors (Lipinski definition) is 4. The van der Waals surface area contributed by atoms with E-state index in [1.54, 1.807) is 24.3 Å². The third-order valence-electron chi connectivity index (χ3n) is 3.92. The lowest BCUT2D eigenvalue weighted by Gasteiger charge is -2.24. The number of carbonyl (C=O) groups is 5. The first-order valence-corrected chi connectivity index (χ1v) is 10.4. The van der Waals surface area contributed by atoms with Crippen LogP contribution in [0.4, 0.5) is 5.69 Å². The molecule has 1 rings (SSSR count). The summed E-state index contributed by atoms with van der Waals surface area (Å²) in [5.41, 5.74) is 1.22. The minimum absolute atomic E-state index is 0.0517. The van der Waals surface area contributed by atoms with Gasteiger partial charge in [-0.3, -0.25) is 33.8 Å². The van der Waals surface area contributed by atoms with Gasteiger partial charge in [-0.25, -0.2) is 0 Å². The molecule has 0 atom stereocenters. The Labute approximate surface area is 191 Å². The normalized spacial score (nSPS) is 10.7. The van der Waals surface area contributed by atoms with E-state index in [4.69, 9.17) is 20.1 Å². The number of carbonyl (C=O) groups excluding carboxylic acids is 2. The molecule has 0 spiro atoms. The second kappa shape index (κ2) is 14.1. The Morgan fingerprint density at radius 2 is 1.28 bits per heavy atom. The van der Waals surface area contributed by atoms with Crippen LogP contribution in [0.3, 0.4) is 0 Å². The maximum Gasteiger partial charge on any atom is 0.320 e. The molecule has 1 amide bonds. The fourth-order valence-corrected chi connectivity index (χ4v) is 2.70. The van der Waals surface area contributed by atoms with Crippen molar-refractivity contribution in [3.05, 3.63) is 29.8 Å². The van der Waals surface area contributed by atoms with Gasteiger partial charge in [-0.05, 0) is 17.7 Å². The first-order valence-electron chi connectivity index (χ1n) is 9.29. The molecule has 0 unspecified atom stereocenters. The van der Waals surface area contributed by atoms with Gasteiger partial charge in [0.2, 0.25) is 5.91 Å². The highest BCUT2D eigenvalue weighted by atomic mass is 79.9. The van der Waals surface area contributed by atoms with Crippen LogP contribution in [0.1, 0.15) is 5.56 Å². The summed E-state index contributed by atoms with van der Waals surface area (Å²) in [5, 5.41) is 29.6. The van der Waals surface area contributed by atoms with Gasteiger partial charge in [-0.2, -0.15) is 0 Å². The molecular weight excluding hydrogens is 494 g/mol. The zero-order valence-corrected chi connectivity index (χ0v) is 18.6. The third kappa shape index (κ3) is 12.0. The summed E-state index contributed by atoms with van der Waals surface area (Å²) in [6.07, 6.45) is 0. The number of carboxylic acid groups (broad SMARTS) is 3. The number of halogens is 1. The predicted octanol–water partition coefficient (Wildman–Crippen LogP) is -0.0790. The molecule has 1 aromatic carbocycles. The van der Waals surface area contributed by atoms with Crippen molar-refractivity contribution in [2.45, 2.75) is 6.61 Å². The Hall–Kier alpha value is -3.03. The number of hydrogen-bond acceptors (Lipinski definition) is 8. The summed E-state index contributed by atoms with van der Waals surface area (Å²) < 4.78 is 5.15. The van der Waals surface area contributed by atoms with Gasteiger partial charge in [0.15, 0.2) is 0 Å². The molecule has 0 aliphatic heterocycles. The molecule has 0 radical (unpaired) electrons. The molecule has 0 aromatic heterocycles. The van der Waals surface area contributed by atoms with E-state index in [0.717, 1.165) is 4.90 Å². The second-order valence-electron chi connectivity index (χ2n) is 6.64. The van der Waals surface area contributed by atoms with Crippen LogP contribution in [0.5, 0.6) is 0 Å². The highest BCUT2D eigenvalue weighted by Crippen LogP contribution is 2.11. The van der Waals surface area contributed by atoms with Crippen molar-refractivity contribution >= 4 is 51.4 Å². The number of nitrogens with zero attached hydrogens (tertiary/aromatic N) is 2. The van der Waals surface area contributed by atoms with E-state index in [1.165, 1.54) is 4.90 Å². The lowest BCUT2D eigenvalue weighted by Crippen LogP contribution is -2.43. The lowest BCUT2D eigenvalue weighted by molar-refractivity contribution is -0.149. The molecule has 0 bridgehead atoms. The minimum atomic E-state index is -1.23. The van der Waals surface area contributed by atoms with Crippen LogP contribution in [0, 0.1) is 0 Å². The quantitative estimate of drug-likeness (QED) is 0.181. The zero-order valence-electron chi connectivity index (χ0n) is 17.0. The molecule has 1 aromatic rings. The summed E-state index contributed by atoms with van der Waals surface area (Å²) >= 11 is 3.04. The molecule has 32 heavy (non-hydrogen) atoms. The molecular formula is C19H24BrN3O9. The van der Waals surface area contributed by atoms with Crippen LogP contribution in [0.15, 0.2) is 24.3 Å². The van der Waals surface area contributed by atoms with E-state index >= 15 is 0 Å². The van der Waals surface area contributed by atoms with Gasteiger partial charge in [0.1, 0.15) is 6.61 Å². The Morgan fingerprint density at radius 3 is 1.72 bits per heavy atom. The van der Waals surface area contributed by atoms with E-state index in [0.29, 0.717) is 11.3 Å². The smallest absolute Gasteiger partial charge is 0.320 e. The van der Waals surface area contributed by atoms with Gasteiger partial charge < -0.3 is 25.4 Å². The molecule has 0 saturated carbocycles. The van der Waals surface area contributed by atoms with Crippen molar-refractivity contribution in [1.29, 1.82) is 0 Å². The number of nitrogens with one attached hydrogen (secondary N) is 1. The molecule has 13 heteroatoms. The van der Waals surface area contributed by atoms with Crippen molar-refractivity contribution in [1.82, 2.24) is 9.80 Å². The Bertz CT molecular complexity index is 801. The first-order chi connectivity index (χ1) is 15.1. The molecule has 0 saturated heterocycles. The minimum Gasteiger partial charge on any atom is -0.480 e. The van der Waals surface area contributed by atoms with Crippen LogP contribution < -0.4 is 5.32 Å². The maximum absolute atomic E-state index is 12.1. The summed E-state index contributed by atoms with van der Waals surface area (Å²) in [6, 6.07) is 6.59. The second-order valence-corrected chi connectivity index (χ2v) is 7.20. The highest BCUT2D eigenvalue weighted by Gasteiger charge is 2.19. The van der Waals surface area contributed by atoms with E-state index in [1.807, 2.05) is 0 Å². The van der Waals surface area contributed by atoms with Crippen LogP contribution in [-0.4, -0.2) is 99.5 Å². The SMILES string of the molecule is O=C(O)CN(CCN(CC(=O)O)CC(=O)OCc1ccc(NC(=O)CBr)cc1)CC(=O)O. The van der Waals surface area contributed by atoms with E-state index in [-0.39, 0.29) is 37.5 Å². The number of carboxylic acids is 3. The Kier molecular flexibility index (Phi) is 11.9. The highest BCUT2D eigenvalue weighted by molar-refractivity contribution is 9.09. The number of amides is 1. The van der Waals surface area contributed by atoms with Crippen molar-refractivity contribution in [3.8, 4) is 0 Å². The van der Waals surface area contributed by atoms with Gasteiger partial charge in [-0.1, -0.05) is 28.1 Å². The lowest BCUT2D eigenvalue weighted by atomic mass is 10.2. The van der Waals surface area contributed by atoms with Crippen molar-refractivity contribution in [2.24, 2.45) is 0 Å². The van der Waals surface area contributed by atoms with Gasteiger partial charge >= 0.3 is 23.9 Å². The molecule has 4 N–H and O–H groups in total. The summed E-state index contributed by atoms with van der Waals surface area (Å²) in [4.78, 5) is 58.6. The van der Waals surface area contributed by atoms with Crippen LogP contribution in [0.25, 0.3) is 0 Å². The van der Waals surface area contributed by atoms with E-state index < -0.39 is 43.5 Å². The molecule has 0 aliphatic carbocycles. The fraction of sp³-hybridized carbons (Fsp3) is 0.421. The van der Waals surface area contributed by atoms with Crippen molar-refractivity contribution in [3.63, 3.8) is 0 Å². The van der Waals surface area contributed by atoms with Gasteiger partial charge in [-0.15, -0.1) is 0 Å². The summed E-state index contributed by atoms with van der Waals surface area (Å²) in [5.74, 6) is -4.58. The number of alkyl halides is 1. The summed E-state index contributed by atoms with van der Waals surface area (Å²) in [6.45, 7) is -2.15. The van der Waals surface area contributed by atoms with E-state index in [2.05, 4.69) is 21.2 Å². The molecule has 0 aliphatic rings. The monoisotopic (exact) mass is 517 g/mol. The number of esters is 1. The maximum atomic E-state index is 12.1. The average Bonchev–Trinajstić information content (AvgIpc) is 2.70. The first kappa shape index (κ1) is 27.0. The summed E-state index contributed by atoms with van der Waals surface area (Å²) in [7, 11) is 0. The molecule has 12 nitrogen and oxygen atoms in total. The fourth-order valence-electron chi connectivity index (χ4n) is 2.56. The Balaban J connectivity index is 2.59. The van der Waals surface area contributed by atoms with Crippen LogP contribution >= 0.6 is 15.9 Å². The third-order valence-corrected chi connectivity index (χ3v) is 4.43. The van der Waals surface area contributed by atoms with E-state index in [9.17, 15) is 24.0 Å². The molecule has 0 fully saturated rings. The van der Waals surface area contributed by atoms with Crippen molar-refractivity contribution in [2.75, 3.05) is 49.9 Å². The number of ether oxygens (including phenoxy) is 1. The predicted molar refractivity (Wildman–Crippen MR) is 114 cm³/mol.